The molecule has 4 N–H and O–H groups in total. The minimum atomic E-state index is -1.14. The molecule has 23 heavy (non-hydrogen) atoms. The van der Waals surface area contributed by atoms with Crippen LogP contribution in [0.1, 0.15) is 23.2 Å². The maximum atomic E-state index is 11.8. The van der Waals surface area contributed by atoms with Crippen molar-refractivity contribution in [2.75, 3.05) is 11.1 Å². The number of nitrogens with one attached hydrogen (secondary N) is 1. The lowest BCUT2D eigenvalue weighted by molar-refractivity contribution is -0.117. The van der Waals surface area contributed by atoms with E-state index in [1.54, 1.807) is 30.3 Å². The molecule has 1 amide bonds. The van der Waals surface area contributed by atoms with Crippen molar-refractivity contribution >= 4 is 23.3 Å². The van der Waals surface area contributed by atoms with E-state index in [1.165, 1.54) is 12.1 Å². The summed E-state index contributed by atoms with van der Waals surface area (Å²) >= 11 is 0. The molecule has 0 saturated heterocycles. The summed E-state index contributed by atoms with van der Waals surface area (Å²) in [5.41, 5.74) is 6.50. The van der Waals surface area contributed by atoms with Gasteiger partial charge in [0.1, 0.15) is 11.5 Å². The van der Waals surface area contributed by atoms with Gasteiger partial charge in [0.2, 0.25) is 5.91 Å². The van der Waals surface area contributed by atoms with Gasteiger partial charge in [0.25, 0.3) is 0 Å². The first-order chi connectivity index (χ1) is 11.0. The number of carbonyl (C=O) groups excluding carboxylic acids is 1. The SMILES string of the molecule is Nc1ccccc1Oc1ccc(NC(=O)C2CC2)c(C(=O)O)c1. The molecule has 0 aromatic heterocycles. The van der Waals surface area contributed by atoms with E-state index in [0.29, 0.717) is 17.2 Å². The zero-order chi connectivity index (χ0) is 16.4. The van der Waals surface area contributed by atoms with Crippen molar-refractivity contribution in [1.82, 2.24) is 0 Å². The van der Waals surface area contributed by atoms with Crippen LogP contribution in [0.4, 0.5) is 11.4 Å². The molecule has 2 aromatic rings. The zero-order valence-electron chi connectivity index (χ0n) is 12.3. The zero-order valence-corrected chi connectivity index (χ0v) is 12.3. The van der Waals surface area contributed by atoms with Crippen LogP contribution in [-0.2, 0) is 4.79 Å². The molecule has 1 saturated carbocycles. The minimum absolute atomic E-state index is 0.00307. The van der Waals surface area contributed by atoms with Gasteiger partial charge in [-0.2, -0.15) is 0 Å². The Morgan fingerprint density at radius 3 is 2.57 bits per heavy atom. The molecule has 0 spiro atoms. The topological polar surface area (TPSA) is 102 Å². The van der Waals surface area contributed by atoms with Crippen molar-refractivity contribution in [3.8, 4) is 11.5 Å². The summed E-state index contributed by atoms with van der Waals surface area (Å²) in [6.45, 7) is 0. The smallest absolute Gasteiger partial charge is 0.337 e. The number of anilines is 2. The highest BCUT2D eigenvalue weighted by Crippen LogP contribution is 2.33. The van der Waals surface area contributed by atoms with Gasteiger partial charge in [-0.15, -0.1) is 0 Å². The monoisotopic (exact) mass is 312 g/mol. The number of hydrogen-bond donors (Lipinski definition) is 3. The number of amides is 1. The van der Waals surface area contributed by atoms with Crippen LogP contribution in [0.15, 0.2) is 42.5 Å². The second kappa shape index (κ2) is 6.00. The molecular weight excluding hydrogens is 296 g/mol. The molecule has 1 aliphatic rings. The first kappa shape index (κ1) is 14.9. The Hall–Kier alpha value is -3.02. The summed E-state index contributed by atoms with van der Waals surface area (Å²) in [6.07, 6.45) is 1.70. The van der Waals surface area contributed by atoms with E-state index in [0.717, 1.165) is 12.8 Å². The molecule has 0 atom stereocenters. The van der Waals surface area contributed by atoms with Gasteiger partial charge in [0.05, 0.1) is 16.9 Å². The molecule has 1 aliphatic carbocycles. The Balaban J connectivity index is 1.85. The lowest BCUT2D eigenvalue weighted by Crippen LogP contribution is -2.16. The first-order valence-corrected chi connectivity index (χ1v) is 7.25. The number of nitrogen functional groups attached to an aromatic ring is 1. The van der Waals surface area contributed by atoms with Gasteiger partial charge in [-0.25, -0.2) is 4.79 Å². The van der Waals surface area contributed by atoms with Crippen LogP contribution in [0.5, 0.6) is 11.5 Å². The quantitative estimate of drug-likeness (QED) is 0.736. The molecule has 0 radical (unpaired) electrons. The molecule has 118 valence electrons. The van der Waals surface area contributed by atoms with Gasteiger partial charge in [0.15, 0.2) is 0 Å². The molecule has 6 heteroatoms. The van der Waals surface area contributed by atoms with Gasteiger partial charge in [-0.3, -0.25) is 4.79 Å². The fraction of sp³-hybridized carbons (Fsp3) is 0.176. The Labute approximate surface area is 132 Å². The number of carboxylic acid groups (broad SMARTS) is 1. The van der Waals surface area contributed by atoms with Crippen molar-refractivity contribution in [3.63, 3.8) is 0 Å². The fourth-order valence-corrected chi connectivity index (χ4v) is 2.15. The predicted molar refractivity (Wildman–Crippen MR) is 85.7 cm³/mol. The van der Waals surface area contributed by atoms with Gasteiger partial charge in [-0.05, 0) is 43.2 Å². The molecule has 0 bridgehead atoms. The third-order valence-corrected chi connectivity index (χ3v) is 3.57. The molecule has 6 nitrogen and oxygen atoms in total. The summed E-state index contributed by atoms with van der Waals surface area (Å²) < 4.78 is 5.62. The van der Waals surface area contributed by atoms with Gasteiger partial charge in [0, 0.05) is 5.92 Å². The highest BCUT2D eigenvalue weighted by atomic mass is 16.5. The van der Waals surface area contributed by atoms with Crippen LogP contribution in [0.25, 0.3) is 0 Å². The Morgan fingerprint density at radius 2 is 1.91 bits per heavy atom. The Morgan fingerprint density at radius 1 is 1.17 bits per heavy atom. The van der Waals surface area contributed by atoms with Crippen LogP contribution >= 0.6 is 0 Å². The molecule has 0 heterocycles. The van der Waals surface area contributed by atoms with Gasteiger partial charge in [-0.1, -0.05) is 12.1 Å². The maximum Gasteiger partial charge on any atom is 0.337 e. The standard InChI is InChI=1S/C17H16N2O4/c18-13-3-1-2-4-15(13)23-11-7-8-14(12(9-11)17(21)22)19-16(20)10-5-6-10/h1-4,7-10H,5-6,18H2,(H,19,20)(H,21,22). The minimum Gasteiger partial charge on any atom is -0.478 e. The van der Waals surface area contributed by atoms with E-state index in [9.17, 15) is 14.7 Å². The van der Waals surface area contributed by atoms with E-state index in [2.05, 4.69) is 5.32 Å². The third-order valence-electron chi connectivity index (χ3n) is 3.57. The average molecular weight is 312 g/mol. The largest absolute Gasteiger partial charge is 0.478 e. The molecule has 0 aliphatic heterocycles. The second-order valence-electron chi connectivity index (χ2n) is 5.42. The number of carbonyl (C=O) groups is 2. The van der Waals surface area contributed by atoms with E-state index in [-0.39, 0.29) is 23.1 Å². The Kier molecular flexibility index (Phi) is 3.89. The molecule has 0 unspecified atom stereocenters. The number of benzene rings is 2. The van der Waals surface area contributed by atoms with Crippen LogP contribution in [0.2, 0.25) is 0 Å². The van der Waals surface area contributed by atoms with E-state index >= 15 is 0 Å². The lowest BCUT2D eigenvalue weighted by Gasteiger charge is -2.12. The highest BCUT2D eigenvalue weighted by Gasteiger charge is 2.30. The van der Waals surface area contributed by atoms with Crippen molar-refractivity contribution in [2.45, 2.75) is 12.8 Å². The Bertz CT molecular complexity index is 769. The van der Waals surface area contributed by atoms with Crippen LogP contribution in [0, 0.1) is 5.92 Å². The van der Waals surface area contributed by atoms with Gasteiger partial charge < -0.3 is 20.9 Å². The summed E-state index contributed by atoms with van der Waals surface area (Å²) in [7, 11) is 0. The summed E-state index contributed by atoms with van der Waals surface area (Å²) in [5, 5.41) is 12.0. The average Bonchev–Trinajstić information content (AvgIpc) is 3.35. The second-order valence-corrected chi connectivity index (χ2v) is 5.42. The van der Waals surface area contributed by atoms with E-state index in [1.807, 2.05) is 0 Å². The molecule has 3 rings (SSSR count). The van der Waals surface area contributed by atoms with Crippen LogP contribution < -0.4 is 15.8 Å². The molecule has 2 aromatic carbocycles. The van der Waals surface area contributed by atoms with Crippen molar-refractivity contribution < 1.29 is 19.4 Å². The normalized spacial score (nSPS) is 13.4. The van der Waals surface area contributed by atoms with Crippen molar-refractivity contribution in [2.24, 2.45) is 5.92 Å². The van der Waals surface area contributed by atoms with E-state index in [4.69, 9.17) is 10.5 Å². The van der Waals surface area contributed by atoms with Crippen molar-refractivity contribution in [1.29, 1.82) is 0 Å². The number of aromatic carboxylic acids is 1. The number of ether oxygens (including phenoxy) is 1. The van der Waals surface area contributed by atoms with Crippen molar-refractivity contribution in [3.05, 3.63) is 48.0 Å². The van der Waals surface area contributed by atoms with Crippen LogP contribution in [-0.4, -0.2) is 17.0 Å². The summed E-state index contributed by atoms with van der Waals surface area (Å²) in [6, 6.07) is 11.4. The van der Waals surface area contributed by atoms with Crippen LogP contribution in [0.3, 0.4) is 0 Å². The number of carboxylic acids is 1. The van der Waals surface area contributed by atoms with E-state index < -0.39 is 5.97 Å². The highest BCUT2D eigenvalue weighted by molar-refractivity contribution is 6.02. The van der Waals surface area contributed by atoms with Gasteiger partial charge >= 0.3 is 5.97 Å². The number of rotatable bonds is 5. The molecular formula is C17H16N2O4. The molecule has 1 fully saturated rings. The lowest BCUT2D eigenvalue weighted by atomic mass is 10.1. The third kappa shape index (κ3) is 3.42. The fourth-order valence-electron chi connectivity index (χ4n) is 2.15. The first-order valence-electron chi connectivity index (χ1n) is 7.25. The predicted octanol–water partition coefficient (Wildman–Crippen LogP) is 3.11. The number of hydrogen-bond acceptors (Lipinski definition) is 4. The number of nitrogens with two attached hydrogens (primary N) is 1. The maximum absolute atomic E-state index is 11.8. The number of para-hydroxylation sites is 2. The summed E-state index contributed by atoms with van der Waals surface area (Å²) in [4.78, 5) is 23.2. The summed E-state index contributed by atoms with van der Waals surface area (Å²) in [5.74, 6) is -0.504.